The van der Waals surface area contributed by atoms with Crippen molar-refractivity contribution in [1.29, 1.82) is 0 Å². The van der Waals surface area contributed by atoms with Crippen LogP contribution in [0.2, 0.25) is 5.02 Å². The molecule has 3 N–H and O–H groups in total. The molecule has 0 spiro atoms. The molecule has 0 aliphatic heterocycles. The zero-order valence-corrected chi connectivity index (χ0v) is 9.93. The molecule has 0 radical (unpaired) electrons. The van der Waals surface area contributed by atoms with Crippen molar-refractivity contribution in [1.82, 2.24) is 0 Å². The molecule has 82 valence electrons. The van der Waals surface area contributed by atoms with Gasteiger partial charge in [0.2, 0.25) is 0 Å². The van der Waals surface area contributed by atoms with E-state index in [2.05, 4.69) is 19.2 Å². The summed E-state index contributed by atoms with van der Waals surface area (Å²) in [6, 6.07) is 5.59. The van der Waals surface area contributed by atoms with Crippen LogP contribution in [0, 0.1) is 11.3 Å². The molecule has 0 saturated heterocycles. The molecule has 3 heteroatoms. The highest BCUT2D eigenvalue weighted by molar-refractivity contribution is 6.33. The van der Waals surface area contributed by atoms with Gasteiger partial charge >= 0.3 is 0 Å². The topological polar surface area (TPSA) is 38.0 Å². The molecule has 1 atom stereocenters. The Kier molecular flexibility index (Phi) is 2.55. The number of nitrogens with one attached hydrogen (secondary N) is 1. The van der Waals surface area contributed by atoms with Crippen LogP contribution in [0.5, 0.6) is 0 Å². The molecule has 1 aliphatic carbocycles. The molecule has 0 bridgehead atoms. The van der Waals surface area contributed by atoms with Gasteiger partial charge < -0.3 is 11.1 Å². The van der Waals surface area contributed by atoms with Gasteiger partial charge in [-0.1, -0.05) is 31.5 Å². The molecule has 1 unspecified atom stereocenters. The number of benzene rings is 1. The molecule has 2 rings (SSSR count). The number of halogens is 1. The Hall–Kier alpha value is -0.890. The molecule has 0 aromatic heterocycles. The zero-order valence-electron chi connectivity index (χ0n) is 9.18. The second-order valence-corrected chi connectivity index (χ2v) is 5.38. The van der Waals surface area contributed by atoms with E-state index in [1.54, 1.807) is 0 Å². The van der Waals surface area contributed by atoms with Gasteiger partial charge in [-0.05, 0) is 29.9 Å². The van der Waals surface area contributed by atoms with Crippen molar-refractivity contribution in [2.75, 3.05) is 17.6 Å². The Balaban J connectivity index is 2.00. The van der Waals surface area contributed by atoms with Crippen LogP contribution in [0.1, 0.15) is 20.3 Å². The van der Waals surface area contributed by atoms with Gasteiger partial charge in [-0.25, -0.2) is 0 Å². The summed E-state index contributed by atoms with van der Waals surface area (Å²) < 4.78 is 0. The third-order valence-corrected chi connectivity index (χ3v) is 3.60. The van der Waals surface area contributed by atoms with Gasteiger partial charge in [-0.15, -0.1) is 0 Å². The molecular weight excluding hydrogens is 208 g/mol. The van der Waals surface area contributed by atoms with E-state index in [1.807, 2.05) is 18.2 Å². The normalized spacial score (nSPS) is 22.5. The third-order valence-electron chi connectivity index (χ3n) is 3.29. The fourth-order valence-electron chi connectivity index (χ4n) is 1.88. The molecule has 15 heavy (non-hydrogen) atoms. The predicted molar refractivity (Wildman–Crippen MR) is 66.2 cm³/mol. The molecular formula is C12H17ClN2. The first-order chi connectivity index (χ1) is 7.00. The van der Waals surface area contributed by atoms with Gasteiger partial charge in [0.25, 0.3) is 0 Å². The summed E-state index contributed by atoms with van der Waals surface area (Å²) >= 11 is 6.06. The van der Waals surface area contributed by atoms with E-state index in [0.717, 1.165) is 23.8 Å². The van der Waals surface area contributed by atoms with Crippen LogP contribution < -0.4 is 11.1 Å². The maximum Gasteiger partial charge on any atom is 0.0763 e. The SMILES string of the molecule is CC1(C)CC1CNc1c(N)cccc1Cl. The summed E-state index contributed by atoms with van der Waals surface area (Å²) in [4.78, 5) is 0. The van der Waals surface area contributed by atoms with Crippen molar-refractivity contribution in [3.05, 3.63) is 23.2 Å². The minimum atomic E-state index is 0.489. The van der Waals surface area contributed by atoms with Crippen LogP contribution in [0.15, 0.2) is 18.2 Å². The summed E-state index contributed by atoms with van der Waals surface area (Å²) in [6.07, 6.45) is 1.28. The summed E-state index contributed by atoms with van der Waals surface area (Å²) in [5.74, 6) is 0.744. The number of hydrogen-bond acceptors (Lipinski definition) is 2. The molecule has 1 aromatic carbocycles. The van der Waals surface area contributed by atoms with E-state index in [9.17, 15) is 0 Å². The van der Waals surface area contributed by atoms with Gasteiger partial charge in [-0.2, -0.15) is 0 Å². The summed E-state index contributed by atoms with van der Waals surface area (Å²) in [5.41, 5.74) is 7.94. The Labute approximate surface area is 95.8 Å². The number of nitrogens with two attached hydrogens (primary N) is 1. The average molecular weight is 225 g/mol. The lowest BCUT2D eigenvalue weighted by molar-refractivity contribution is 0.573. The fraction of sp³-hybridized carbons (Fsp3) is 0.500. The molecule has 1 saturated carbocycles. The molecule has 1 fully saturated rings. The van der Waals surface area contributed by atoms with Crippen LogP contribution >= 0.6 is 11.6 Å². The standard InChI is InChI=1S/C12H17ClN2/c1-12(2)6-8(12)7-15-11-9(13)4-3-5-10(11)14/h3-5,8,15H,6-7,14H2,1-2H3. The average Bonchev–Trinajstić information content (AvgIpc) is 2.73. The van der Waals surface area contributed by atoms with Crippen LogP contribution in [-0.2, 0) is 0 Å². The largest absolute Gasteiger partial charge is 0.397 e. The lowest BCUT2D eigenvalue weighted by atomic mass is 10.1. The third kappa shape index (κ3) is 2.20. The van der Waals surface area contributed by atoms with Gasteiger partial charge in [0, 0.05) is 6.54 Å². The van der Waals surface area contributed by atoms with Crippen LogP contribution in [0.4, 0.5) is 11.4 Å². The predicted octanol–water partition coefficient (Wildman–Crippen LogP) is 3.38. The Bertz CT molecular complexity index is 354. The monoisotopic (exact) mass is 224 g/mol. The Morgan fingerprint density at radius 2 is 2.20 bits per heavy atom. The smallest absolute Gasteiger partial charge is 0.0763 e. The summed E-state index contributed by atoms with van der Waals surface area (Å²) in [7, 11) is 0. The van der Waals surface area contributed by atoms with Crippen molar-refractivity contribution >= 4 is 23.0 Å². The summed E-state index contributed by atoms with van der Waals surface area (Å²) in [6.45, 7) is 5.53. The number of nitrogen functional groups attached to an aromatic ring is 1. The van der Waals surface area contributed by atoms with E-state index < -0.39 is 0 Å². The van der Waals surface area contributed by atoms with Crippen molar-refractivity contribution < 1.29 is 0 Å². The number of rotatable bonds is 3. The van der Waals surface area contributed by atoms with Crippen molar-refractivity contribution in [2.45, 2.75) is 20.3 Å². The second-order valence-electron chi connectivity index (χ2n) is 4.97. The molecule has 1 aromatic rings. The highest BCUT2D eigenvalue weighted by Gasteiger charge is 2.45. The van der Waals surface area contributed by atoms with Crippen LogP contribution in [-0.4, -0.2) is 6.54 Å². The van der Waals surface area contributed by atoms with Gasteiger partial charge in [0.05, 0.1) is 16.4 Å². The highest BCUT2D eigenvalue weighted by atomic mass is 35.5. The van der Waals surface area contributed by atoms with Gasteiger partial charge in [0.1, 0.15) is 0 Å². The molecule has 2 nitrogen and oxygen atoms in total. The van der Waals surface area contributed by atoms with E-state index in [-0.39, 0.29) is 0 Å². The highest BCUT2D eigenvalue weighted by Crippen LogP contribution is 2.51. The van der Waals surface area contributed by atoms with E-state index in [0.29, 0.717) is 10.4 Å². The van der Waals surface area contributed by atoms with Crippen molar-refractivity contribution in [2.24, 2.45) is 11.3 Å². The van der Waals surface area contributed by atoms with Crippen molar-refractivity contribution in [3.8, 4) is 0 Å². The first kappa shape index (κ1) is 10.6. The Morgan fingerprint density at radius 1 is 1.53 bits per heavy atom. The quantitative estimate of drug-likeness (QED) is 0.773. The van der Waals surface area contributed by atoms with Crippen LogP contribution in [0.3, 0.4) is 0 Å². The minimum absolute atomic E-state index is 0.489. The Morgan fingerprint density at radius 3 is 2.73 bits per heavy atom. The minimum Gasteiger partial charge on any atom is -0.397 e. The van der Waals surface area contributed by atoms with Crippen LogP contribution in [0.25, 0.3) is 0 Å². The fourth-order valence-corrected chi connectivity index (χ4v) is 2.13. The summed E-state index contributed by atoms with van der Waals surface area (Å²) in [5, 5.41) is 4.04. The maximum atomic E-state index is 6.06. The second kappa shape index (κ2) is 3.60. The van der Waals surface area contributed by atoms with Gasteiger partial charge in [0.15, 0.2) is 0 Å². The van der Waals surface area contributed by atoms with Gasteiger partial charge in [-0.3, -0.25) is 0 Å². The lowest BCUT2D eigenvalue weighted by Crippen LogP contribution is -2.09. The molecule has 0 heterocycles. The zero-order chi connectivity index (χ0) is 11.1. The van der Waals surface area contributed by atoms with E-state index in [4.69, 9.17) is 17.3 Å². The van der Waals surface area contributed by atoms with E-state index in [1.165, 1.54) is 6.42 Å². The maximum absolute atomic E-state index is 6.06. The van der Waals surface area contributed by atoms with Crippen molar-refractivity contribution in [3.63, 3.8) is 0 Å². The van der Waals surface area contributed by atoms with E-state index >= 15 is 0 Å². The first-order valence-corrected chi connectivity index (χ1v) is 5.66. The number of anilines is 2. The lowest BCUT2D eigenvalue weighted by Gasteiger charge is -2.11. The molecule has 1 aliphatic rings. The number of para-hydroxylation sites is 1. The number of hydrogen-bond donors (Lipinski definition) is 2. The first-order valence-electron chi connectivity index (χ1n) is 5.28. The molecule has 0 amide bonds.